The number of ether oxygens (including phenoxy) is 1. The summed E-state index contributed by atoms with van der Waals surface area (Å²) in [6.45, 7) is 1.60. The Morgan fingerprint density at radius 2 is 2.24 bits per heavy atom. The zero-order valence-electron chi connectivity index (χ0n) is 10.8. The van der Waals surface area contributed by atoms with Gasteiger partial charge in [-0.1, -0.05) is 5.16 Å². The molecule has 0 aliphatic heterocycles. The Bertz CT molecular complexity index is 314. The van der Waals surface area contributed by atoms with Gasteiger partial charge in [-0.2, -0.15) is 4.98 Å². The minimum Gasteiger partial charge on any atom is -0.385 e. The summed E-state index contributed by atoms with van der Waals surface area (Å²) in [5.74, 6) is 1.24. The predicted octanol–water partition coefficient (Wildman–Crippen LogP) is 0.600. The van der Waals surface area contributed by atoms with Gasteiger partial charge in [-0.15, -0.1) is 0 Å². The lowest BCUT2D eigenvalue weighted by Gasteiger charge is -2.06. The number of methoxy groups -OCH3 is 1. The Kier molecular flexibility index (Phi) is 6.10. The van der Waals surface area contributed by atoms with E-state index in [2.05, 4.69) is 15.0 Å². The van der Waals surface area contributed by atoms with Gasteiger partial charge < -0.3 is 19.9 Å². The van der Waals surface area contributed by atoms with Gasteiger partial charge >= 0.3 is 0 Å². The number of likely N-dealkylation sites (N-methyl/N-ethyl adjacent to an activating group) is 1. The van der Waals surface area contributed by atoms with Crippen LogP contribution >= 0.6 is 0 Å². The van der Waals surface area contributed by atoms with E-state index < -0.39 is 0 Å². The number of nitrogens with zero attached hydrogens (tertiary/aromatic N) is 3. The van der Waals surface area contributed by atoms with Gasteiger partial charge in [-0.05, 0) is 26.9 Å². The van der Waals surface area contributed by atoms with Crippen LogP contribution in [0, 0.1) is 0 Å². The molecule has 17 heavy (non-hydrogen) atoms. The average molecular weight is 242 g/mol. The molecule has 1 aromatic heterocycles. The van der Waals surface area contributed by atoms with Crippen LogP contribution in [-0.4, -0.2) is 49.4 Å². The summed E-state index contributed by atoms with van der Waals surface area (Å²) in [5, 5.41) is 3.91. The summed E-state index contributed by atoms with van der Waals surface area (Å²) in [4.78, 5) is 6.37. The minimum absolute atomic E-state index is 0.189. The summed E-state index contributed by atoms with van der Waals surface area (Å²) < 4.78 is 10.1. The van der Waals surface area contributed by atoms with Crippen LogP contribution in [0.3, 0.4) is 0 Å². The molecule has 98 valence electrons. The van der Waals surface area contributed by atoms with Crippen molar-refractivity contribution in [2.45, 2.75) is 25.3 Å². The van der Waals surface area contributed by atoms with Crippen molar-refractivity contribution < 1.29 is 9.26 Å². The molecule has 1 rings (SSSR count). The standard InChI is InChI=1S/C11H22N4O2/c1-15(2)7-6-10-13-11(17-14-10)9(12)5-4-8-16-3/h9H,4-8,12H2,1-3H3. The second-order valence-electron chi connectivity index (χ2n) is 4.34. The fourth-order valence-electron chi connectivity index (χ4n) is 1.41. The highest BCUT2D eigenvalue weighted by molar-refractivity contribution is 4.92. The van der Waals surface area contributed by atoms with E-state index in [0.717, 1.165) is 31.6 Å². The molecular weight excluding hydrogens is 220 g/mol. The highest BCUT2D eigenvalue weighted by atomic mass is 16.5. The van der Waals surface area contributed by atoms with E-state index in [4.69, 9.17) is 15.0 Å². The number of rotatable bonds is 8. The Morgan fingerprint density at radius 1 is 1.47 bits per heavy atom. The lowest BCUT2D eigenvalue weighted by atomic mass is 10.2. The van der Waals surface area contributed by atoms with Gasteiger partial charge in [0, 0.05) is 26.7 Å². The minimum atomic E-state index is -0.189. The van der Waals surface area contributed by atoms with E-state index in [0.29, 0.717) is 12.5 Å². The molecule has 1 heterocycles. The smallest absolute Gasteiger partial charge is 0.243 e. The lowest BCUT2D eigenvalue weighted by Crippen LogP contribution is -2.16. The van der Waals surface area contributed by atoms with Crippen LogP contribution in [0.1, 0.15) is 30.6 Å². The molecule has 0 fully saturated rings. The summed E-state index contributed by atoms with van der Waals surface area (Å²) in [5.41, 5.74) is 5.94. The van der Waals surface area contributed by atoms with Crippen molar-refractivity contribution in [1.82, 2.24) is 15.0 Å². The van der Waals surface area contributed by atoms with Gasteiger partial charge in [-0.3, -0.25) is 0 Å². The van der Waals surface area contributed by atoms with Crippen molar-refractivity contribution in [3.63, 3.8) is 0 Å². The van der Waals surface area contributed by atoms with Gasteiger partial charge in [0.25, 0.3) is 0 Å². The molecule has 0 spiro atoms. The molecule has 6 heteroatoms. The molecule has 1 aromatic rings. The molecule has 0 radical (unpaired) electrons. The van der Waals surface area contributed by atoms with E-state index in [1.165, 1.54) is 0 Å². The Hall–Kier alpha value is -0.980. The van der Waals surface area contributed by atoms with E-state index >= 15 is 0 Å². The van der Waals surface area contributed by atoms with Crippen LogP contribution < -0.4 is 5.73 Å². The summed E-state index contributed by atoms with van der Waals surface area (Å²) in [6.07, 6.45) is 2.47. The Labute approximate surface area is 102 Å². The zero-order chi connectivity index (χ0) is 12.7. The fraction of sp³-hybridized carbons (Fsp3) is 0.818. The highest BCUT2D eigenvalue weighted by Gasteiger charge is 2.14. The maximum Gasteiger partial charge on any atom is 0.243 e. The van der Waals surface area contributed by atoms with E-state index in [9.17, 15) is 0 Å². The second-order valence-corrected chi connectivity index (χ2v) is 4.34. The molecule has 0 bridgehead atoms. The third-order valence-electron chi connectivity index (χ3n) is 2.45. The molecule has 2 N–H and O–H groups in total. The molecule has 1 unspecified atom stereocenters. The first-order chi connectivity index (χ1) is 8.13. The monoisotopic (exact) mass is 242 g/mol. The first-order valence-electron chi connectivity index (χ1n) is 5.85. The van der Waals surface area contributed by atoms with Gasteiger partial charge in [0.2, 0.25) is 5.89 Å². The van der Waals surface area contributed by atoms with Crippen molar-refractivity contribution in [2.24, 2.45) is 5.73 Å². The van der Waals surface area contributed by atoms with Crippen LogP contribution in [0.4, 0.5) is 0 Å². The highest BCUT2D eigenvalue weighted by Crippen LogP contribution is 2.13. The first-order valence-corrected chi connectivity index (χ1v) is 5.85. The second kappa shape index (κ2) is 7.37. The third kappa shape index (κ3) is 5.25. The molecule has 0 aliphatic carbocycles. The first kappa shape index (κ1) is 14.1. The third-order valence-corrected chi connectivity index (χ3v) is 2.45. The summed E-state index contributed by atoms with van der Waals surface area (Å²) in [7, 11) is 5.70. The van der Waals surface area contributed by atoms with Crippen LogP contribution in [0.2, 0.25) is 0 Å². The summed E-state index contributed by atoms with van der Waals surface area (Å²) in [6, 6.07) is -0.189. The number of hydrogen-bond donors (Lipinski definition) is 1. The van der Waals surface area contributed by atoms with Crippen molar-refractivity contribution in [2.75, 3.05) is 34.4 Å². The SMILES string of the molecule is COCCCC(N)c1nc(CCN(C)C)no1. The predicted molar refractivity (Wildman–Crippen MR) is 64.6 cm³/mol. The summed E-state index contributed by atoms with van der Waals surface area (Å²) >= 11 is 0. The number of nitrogens with two attached hydrogens (primary N) is 1. The molecule has 0 amide bonds. The fourth-order valence-corrected chi connectivity index (χ4v) is 1.41. The Balaban J connectivity index is 2.38. The van der Waals surface area contributed by atoms with Crippen molar-refractivity contribution in [3.05, 3.63) is 11.7 Å². The van der Waals surface area contributed by atoms with Crippen LogP contribution in [-0.2, 0) is 11.2 Å². The van der Waals surface area contributed by atoms with Gasteiger partial charge in [0.15, 0.2) is 5.82 Å². The van der Waals surface area contributed by atoms with E-state index in [1.807, 2.05) is 14.1 Å². The van der Waals surface area contributed by atoms with Gasteiger partial charge in [0.1, 0.15) is 0 Å². The topological polar surface area (TPSA) is 77.4 Å². The molecule has 0 aromatic carbocycles. The van der Waals surface area contributed by atoms with Crippen LogP contribution in [0.15, 0.2) is 4.52 Å². The van der Waals surface area contributed by atoms with Crippen molar-refractivity contribution in [1.29, 1.82) is 0 Å². The van der Waals surface area contributed by atoms with Gasteiger partial charge in [0.05, 0.1) is 6.04 Å². The average Bonchev–Trinajstić information content (AvgIpc) is 2.75. The largest absolute Gasteiger partial charge is 0.385 e. The molecule has 6 nitrogen and oxygen atoms in total. The normalized spacial score (nSPS) is 13.2. The molecule has 0 aliphatic rings. The maximum absolute atomic E-state index is 5.94. The maximum atomic E-state index is 5.94. The van der Waals surface area contributed by atoms with Gasteiger partial charge in [-0.25, -0.2) is 0 Å². The number of hydrogen-bond acceptors (Lipinski definition) is 6. The number of aromatic nitrogens is 2. The van der Waals surface area contributed by atoms with Crippen LogP contribution in [0.25, 0.3) is 0 Å². The van der Waals surface area contributed by atoms with E-state index in [1.54, 1.807) is 7.11 Å². The Morgan fingerprint density at radius 3 is 2.88 bits per heavy atom. The molecule has 1 atom stereocenters. The quantitative estimate of drug-likeness (QED) is 0.673. The zero-order valence-corrected chi connectivity index (χ0v) is 10.8. The molecule has 0 saturated heterocycles. The molecule has 0 saturated carbocycles. The lowest BCUT2D eigenvalue weighted by molar-refractivity contribution is 0.188. The van der Waals surface area contributed by atoms with Crippen molar-refractivity contribution >= 4 is 0 Å². The van der Waals surface area contributed by atoms with Crippen molar-refractivity contribution in [3.8, 4) is 0 Å². The molecular formula is C11H22N4O2. The van der Waals surface area contributed by atoms with Crippen LogP contribution in [0.5, 0.6) is 0 Å². The van der Waals surface area contributed by atoms with E-state index in [-0.39, 0.29) is 6.04 Å².